The lowest BCUT2D eigenvalue weighted by atomic mass is 10.0. The summed E-state index contributed by atoms with van der Waals surface area (Å²) in [5.41, 5.74) is 0. The molecule has 0 aliphatic rings. The van der Waals surface area contributed by atoms with E-state index in [9.17, 15) is 19.4 Å². The average molecular weight is 897 g/mol. The highest BCUT2D eigenvalue weighted by Gasteiger charge is 2.23. The monoisotopic (exact) mass is 897 g/mol. The van der Waals surface area contributed by atoms with E-state index in [0.717, 1.165) is 38.5 Å². The van der Waals surface area contributed by atoms with Gasteiger partial charge < -0.3 is 28.8 Å². The van der Waals surface area contributed by atoms with Crippen LogP contribution in [-0.2, 0) is 18.4 Å². The van der Waals surface area contributed by atoms with Gasteiger partial charge in [-0.25, -0.2) is 0 Å². The second kappa shape index (κ2) is 45.1. The van der Waals surface area contributed by atoms with E-state index >= 15 is 0 Å². The second-order valence-corrected chi connectivity index (χ2v) is 21.0. The molecule has 0 fully saturated rings. The van der Waals surface area contributed by atoms with Crippen LogP contribution in [0.5, 0.6) is 0 Å². The molecule has 1 amide bonds. The number of unbranched alkanes of at least 4 members (excludes halogenated alkanes) is 34. The lowest BCUT2D eigenvalue weighted by Crippen LogP contribution is -2.45. The quantitative estimate of drug-likeness (QED) is 0.0273. The normalized spacial score (nSPS) is 14.2. The molecule has 8 nitrogen and oxygen atoms in total. The Balaban J connectivity index is 4.28. The SMILES string of the molecule is CCCCCCCCCC/C=C\CCCCCCCCCC(=O)NC(COP(=O)([O-])OCC[N+](C)(C)C)C(O)/C=C/CCCCCCCCCCCCCCCCCCCCC. The molecule has 3 atom stereocenters. The number of hydrogen-bond acceptors (Lipinski definition) is 6. The van der Waals surface area contributed by atoms with Gasteiger partial charge in [-0.15, -0.1) is 0 Å². The molecular formula is C53H105N2O6P. The number of quaternary nitrogens is 1. The van der Waals surface area contributed by atoms with Gasteiger partial charge in [0.25, 0.3) is 7.82 Å². The molecule has 9 heteroatoms. The fraction of sp³-hybridized carbons (Fsp3) is 0.906. The third-order valence-corrected chi connectivity index (χ3v) is 13.1. The van der Waals surface area contributed by atoms with Crippen LogP contribution in [-0.4, -0.2) is 68.5 Å². The molecule has 368 valence electrons. The van der Waals surface area contributed by atoms with E-state index < -0.39 is 20.0 Å². The fourth-order valence-corrected chi connectivity index (χ4v) is 8.64. The molecule has 0 aromatic carbocycles. The molecule has 2 N–H and O–H groups in total. The number of phosphoric acid groups is 1. The van der Waals surface area contributed by atoms with Crippen molar-refractivity contribution < 1.29 is 32.9 Å². The number of nitrogens with zero attached hydrogens (tertiary/aromatic N) is 1. The Kier molecular flexibility index (Phi) is 44.4. The van der Waals surface area contributed by atoms with Crippen LogP contribution in [0, 0.1) is 0 Å². The Hall–Kier alpha value is -1.02. The Morgan fingerprint density at radius 3 is 1.26 bits per heavy atom. The average Bonchev–Trinajstić information content (AvgIpc) is 3.23. The molecule has 0 radical (unpaired) electrons. The number of hydrogen-bond donors (Lipinski definition) is 2. The van der Waals surface area contributed by atoms with Gasteiger partial charge in [-0.05, 0) is 44.9 Å². The number of likely N-dealkylation sites (N-methyl/N-ethyl adjacent to an activating group) is 1. The molecule has 0 heterocycles. The standard InChI is InChI=1S/C53H105N2O6P/c1-6-8-10-12-14-16-18-20-22-24-26-27-29-30-32-34-36-38-40-42-44-46-52(56)51(50-61-62(58,59)60-49-48-55(3,4)5)54-53(57)47-45-43-41-39-37-35-33-31-28-25-23-21-19-17-15-13-11-9-7-2/h25,28,44,46,51-52,56H,6-24,26-27,29-43,45,47-50H2,1-5H3,(H-,54,57,58,59)/b28-25-,46-44+. The number of rotatable bonds is 49. The van der Waals surface area contributed by atoms with Gasteiger partial charge in [0, 0.05) is 6.42 Å². The van der Waals surface area contributed by atoms with Crippen LogP contribution in [0.4, 0.5) is 0 Å². The zero-order valence-corrected chi connectivity index (χ0v) is 42.7. The number of aliphatic hydroxyl groups is 1. The number of nitrogens with one attached hydrogen (secondary N) is 1. The van der Waals surface area contributed by atoms with Gasteiger partial charge >= 0.3 is 0 Å². The molecule has 0 rings (SSSR count). The van der Waals surface area contributed by atoms with Crippen molar-refractivity contribution in [1.29, 1.82) is 0 Å². The van der Waals surface area contributed by atoms with Crippen molar-refractivity contribution in [3.8, 4) is 0 Å². The molecule has 0 bridgehead atoms. The Morgan fingerprint density at radius 1 is 0.548 bits per heavy atom. The minimum atomic E-state index is -4.59. The van der Waals surface area contributed by atoms with Gasteiger partial charge in [-0.1, -0.05) is 231 Å². The van der Waals surface area contributed by atoms with Crippen molar-refractivity contribution in [1.82, 2.24) is 5.32 Å². The third-order valence-electron chi connectivity index (χ3n) is 12.2. The zero-order valence-electron chi connectivity index (χ0n) is 41.8. The largest absolute Gasteiger partial charge is 0.756 e. The minimum absolute atomic E-state index is 0.000348. The van der Waals surface area contributed by atoms with Gasteiger partial charge in [0.2, 0.25) is 5.91 Å². The lowest BCUT2D eigenvalue weighted by Gasteiger charge is -2.29. The van der Waals surface area contributed by atoms with Crippen LogP contribution in [0.25, 0.3) is 0 Å². The summed E-state index contributed by atoms with van der Waals surface area (Å²) in [5.74, 6) is -0.199. The number of phosphoric ester groups is 1. The van der Waals surface area contributed by atoms with Gasteiger partial charge in [0.1, 0.15) is 13.2 Å². The van der Waals surface area contributed by atoms with Crippen molar-refractivity contribution in [2.75, 3.05) is 40.9 Å². The lowest BCUT2D eigenvalue weighted by molar-refractivity contribution is -0.870. The first-order chi connectivity index (χ1) is 30.0. The van der Waals surface area contributed by atoms with Gasteiger partial charge in [0.05, 0.1) is 39.9 Å². The topological polar surface area (TPSA) is 108 Å². The first kappa shape index (κ1) is 61.0. The zero-order chi connectivity index (χ0) is 45.7. The summed E-state index contributed by atoms with van der Waals surface area (Å²) in [6.07, 6.45) is 55.2. The number of amides is 1. The first-order valence-electron chi connectivity index (χ1n) is 26.7. The number of carbonyl (C=O) groups is 1. The summed E-state index contributed by atoms with van der Waals surface area (Å²) < 4.78 is 23.3. The highest BCUT2D eigenvalue weighted by molar-refractivity contribution is 7.45. The van der Waals surface area contributed by atoms with Crippen LogP contribution in [0.15, 0.2) is 24.3 Å². The summed E-state index contributed by atoms with van der Waals surface area (Å²) in [6, 6.07) is -0.887. The van der Waals surface area contributed by atoms with Gasteiger partial charge in [0.15, 0.2) is 0 Å². The third kappa shape index (κ3) is 47.0. The fourth-order valence-electron chi connectivity index (χ4n) is 7.91. The van der Waals surface area contributed by atoms with E-state index in [1.165, 1.54) is 199 Å². The Morgan fingerprint density at radius 2 is 0.887 bits per heavy atom. The predicted octanol–water partition coefficient (Wildman–Crippen LogP) is 15.0. The molecule has 0 aromatic heterocycles. The maximum absolute atomic E-state index is 12.9. The first-order valence-corrected chi connectivity index (χ1v) is 28.2. The van der Waals surface area contributed by atoms with Crippen LogP contribution in [0.3, 0.4) is 0 Å². The van der Waals surface area contributed by atoms with Crippen molar-refractivity contribution in [3.63, 3.8) is 0 Å². The molecule has 0 spiro atoms. The minimum Gasteiger partial charge on any atom is -0.756 e. The summed E-state index contributed by atoms with van der Waals surface area (Å²) >= 11 is 0. The summed E-state index contributed by atoms with van der Waals surface area (Å²) in [4.78, 5) is 25.4. The highest BCUT2D eigenvalue weighted by Crippen LogP contribution is 2.38. The maximum atomic E-state index is 12.9. The van der Waals surface area contributed by atoms with E-state index in [1.807, 2.05) is 27.2 Å². The van der Waals surface area contributed by atoms with Crippen molar-refractivity contribution in [3.05, 3.63) is 24.3 Å². The van der Waals surface area contributed by atoms with E-state index in [1.54, 1.807) is 6.08 Å². The molecule has 0 saturated heterocycles. The molecule has 62 heavy (non-hydrogen) atoms. The van der Waals surface area contributed by atoms with Crippen molar-refractivity contribution >= 4 is 13.7 Å². The van der Waals surface area contributed by atoms with Crippen LogP contribution < -0.4 is 10.2 Å². The van der Waals surface area contributed by atoms with Gasteiger partial charge in [-0.3, -0.25) is 9.36 Å². The van der Waals surface area contributed by atoms with E-state index in [2.05, 4.69) is 31.3 Å². The Bertz CT molecular complexity index is 1060. The highest BCUT2D eigenvalue weighted by atomic mass is 31.2. The molecule has 0 aromatic rings. The van der Waals surface area contributed by atoms with Gasteiger partial charge in [-0.2, -0.15) is 0 Å². The number of allylic oxidation sites excluding steroid dienone is 3. The second-order valence-electron chi connectivity index (χ2n) is 19.6. The summed E-state index contributed by atoms with van der Waals surface area (Å²) in [6.45, 7) is 4.67. The summed E-state index contributed by atoms with van der Waals surface area (Å²) in [5, 5.41) is 13.9. The molecule has 0 saturated carbocycles. The van der Waals surface area contributed by atoms with Crippen molar-refractivity contribution in [2.45, 2.75) is 270 Å². The summed E-state index contributed by atoms with van der Waals surface area (Å²) in [7, 11) is 1.27. The maximum Gasteiger partial charge on any atom is 0.268 e. The van der Waals surface area contributed by atoms with Crippen molar-refractivity contribution in [2.24, 2.45) is 0 Å². The smallest absolute Gasteiger partial charge is 0.268 e. The molecule has 0 aliphatic carbocycles. The molecule has 0 aliphatic heterocycles. The number of carbonyl (C=O) groups excluding carboxylic acids is 1. The Labute approximate surface area is 385 Å². The predicted molar refractivity (Wildman–Crippen MR) is 265 cm³/mol. The van der Waals surface area contributed by atoms with E-state index in [4.69, 9.17) is 9.05 Å². The van der Waals surface area contributed by atoms with Crippen LogP contribution in [0.2, 0.25) is 0 Å². The molecular weight excluding hydrogens is 792 g/mol. The van der Waals surface area contributed by atoms with Crippen LogP contribution in [0.1, 0.15) is 258 Å². The molecule has 3 unspecified atom stereocenters. The van der Waals surface area contributed by atoms with E-state index in [-0.39, 0.29) is 19.1 Å². The number of aliphatic hydroxyl groups excluding tert-OH is 1. The van der Waals surface area contributed by atoms with Crippen LogP contribution >= 0.6 is 7.82 Å². The van der Waals surface area contributed by atoms with E-state index in [0.29, 0.717) is 17.4 Å².